The molecule has 1 fully saturated rings. The van der Waals surface area contributed by atoms with Crippen molar-refractivity contribution in [1.29, 1.82) is 0 Å². The average Bonchev–Trinajstić information content (AvgIpc) is 3.10. The first-order valence-electron chi connectivity index (χ1n) is 11.5. The lowest BCUT2D eigenvalue weighted by atomic mass is 9.97. The molecule has 0 bridgehead atoms. The molecular formula is C24H38IN7O. The molecule has 182 valence electrons. The van der Waals surface area contributed by atoms with E-state index < -0.39 is 0 Å². The second kappa shape index (κ2) is 13.5. The van der Waals surface area contributed by atoms with Gasteiger partial charge in [0.25, 0.3) is 0 Å². The third-order valence-corrected chi connectivity index (χ3v) is 5.93. The van der Waals surface area contributed by atoms with Gasteiger partial charge in [-0.05, 0) is 56.8 Å². The number of halogens is 1. The van der Waals surface area contributed by atoms with Gasteiger partial charge in [0.05, 0.1) is 11.6 Å². The van der Waals surface area contributed by atoms with Gasteiger partial charge < -0.3 is 16.4 Å². The monoisotopic (exact) mass is 567 g/mol. The van der Waals surface area contributed by atoms with Crippen molar-refractivity contribution < 1.29 is 4.79 Å². The number of primary amides is 1. The Labute approximate surface area is 214 Å². The molecule has 1 aromatic heterocycles. The fourth-order valence-corrected chi connectivity index (χ4v) is 4.27. The van der Waals surface area contributed by atoms with Crippen LogP contribution in [0, 0.1) is 19.8 Å². The molecule has 1 aromatic carbocycles. The summed E-state index contributed by atoms with van der Waals surface area (Å²) >= 11 is 0. The third kappa shape index (κ3) is 8.62. The van der Waals surface area contributed by atoms with Gasteiger partial charge in [0, 0.05) is 45.5 Å². The minimum absolute atomic E-state index is 0. The highest BCUT2D eigenvalue weighted by Gasteiger charge is 2.23. The maximum atomic E-state index is 11.5. The minimum Gasteiger partial charge on any atom is -0.369 e. The molecule has 2 aromatic rings. The number of hydrogen-bond acceptors (Lipinski definition) is 4. The Kier molecular flexibility index (Phi) is 11.1. The zero-order valence-electron chi connectivity index (χ0n) is 20.0. The molecule has 0 spiro atoms. The van der Waals surface area contributed by atoms with E-state index in [1.807, 2.05) is 11.6 Å². The fraction of sp³-hybridized carbons (Fsp3) is 0.542. The lowest BCUT2D eigenvalue weighted by Gasteiger charge is -2.31. The lowest BCUT2D eigenvalue weighted by molar-refractivity contribution is -0.123. The largest absolute Gasteiger partial charge is 0.369 e. The number of guanidine groups is 1. The van der Waals surface area contributed by atoms with E-state index in [4.69, 9.17) is 5.73 Å². The second-order valence-corrected chi connectivity index (χ2v) is 8.65. The highest BCUT2D eigenvalue weighted by atomic mass is 127. The summed E-state index contributed by atoms with van der Waals surface area (Å²) in [7, 11) is 1.79. The number of rotatable bonds is 9. The summed E-state index contributed by atoms with van der Waals surface area (Å²) in [6.45, 7) is 9.14. The number of amides is 1. The summed E-state index contributed by atoms with van der Waals surface area (Å²) < 4.78 is 2.05. The van der Waals surface area contributed by atoms with Crippen LogP contribution in [0.3, 0.4) is 0 Å². The van der Waals surface area contributed by atoms with Crippen molar-refractivity contribution in [2.45, 2.75) is 52.7 Å². The summed E-state index contributed by atoms with van der Waals surface area (Å²) in [5.74, 6) is 0.592. The lowest BCUT2D eigenvalue weighted by Crippen LogP contribution is -2.40. The van der Waals surface area contributed by atoms with E-state index in [0.29, 0.717) is 6.54 Å². The predicted molar refractivity (Wildman–Crippen MR) is 144 cm³/mol. The molecule has 33 heavy (non-hydrogen) atoms. The van der Waals surface area contributed by atoms with Crippen molar-refractivity contribution in [3.8, 4) is 0 Å². The standard InChI is InChI=1S/C24H37N7O.HI/c1-18-13-19(2)31(29-18)12-6-10-27-24(26-3)28-15-20-7-4-8-21(14-20)16-30-11-5-9-22(17-30)23(25)32;/h4,7-8,13-14,22H,5-6,9-12,15-17H2,1-3H3,(H2,25,32)(H2,26,27,28);1H. The summed E-state index contributed by atoms with van der Waals surface area (Å²) in [6.07, 6.45) is 2.90. The van der Waals surface area contributed by atoms with Crippen LogP contribution in [0.25, 0.3) is 0 Å². The molecule has 9 heteroatoms. The molecule has 1 amide bonds. The van der Waals surface area contributed by atoms with Crippen molar-refractivity contribution >= 4 is 35.8 Å². The molecule has 8 nitrogen and oxygen atoms in total. The maximum absolute atomic E-state index is 11.5. The van der Waals surface area contributed by atoms with E-state index >= 15 is 0 Å². The van der Waals surface area contributed by atoms with Crippen molar-refractivity contribution in [2.24, 2.45) is 16.6 Å². The molecule has 0 saturated carbocycles. The Balaban J connectivity index is 0.00000385. The molecule has 1 aliphatic heterocycles. The second-order valence-electron chi connectivity index (χ2n) is 8.65. The Morgan fingerprint density at radius 1 is 1.24 bits per heavy atom. The number of aryl methyl sites for hydroxylation is 3. The quantitative estimate of drug-likeness (QED) is 0.187. The van der Waals surface area contributed by atoms with E-state index in [9.17, 15) is 4.79 Å². The number of likely N-dealkylation sites (tertiary alicyclic amines) is 1. The minimum atomic E-state index is -0.179. The van der Waals surface area contributed by atoms with Crippen LogP contribution in [-0.2, 0) is 24.4 Å². The number of aliphatic imine (C=N–C) groups is 1. The van der Waals surface area contributed by atoms with Crippen LogP contribution in [0.5, 0.6) is 0 Å². The van der Waals surface area contributed by atoms with Crippen LogP contribution >= 0.6 is 24.0 Å². The number of benzene rings is 1. The highest BCUT2D eigenvalue weighted by molar-refractivity contribution is 14.0. The van der Waals surface area contributed by atoms with E-state index in [2.05, 4.69) is 62.9 Å². The van der Waals surface area contributed by atoms with Gasteiger partial charge in [-0.1, -0.05) is 24.3 Å². The Morgan fingerprint density at radius 3 is 2.73 bits per heavy atom. The molecule has 1 atom stereocenters. The van der Waals surface area contributed by atoms with Crippen molar-refractivity contribution in [1.82, 2.24) is 25.3 Å². The number of aromatic nitrogens is 2. The topological polar surface area (TPSA) is 101 Å². The molecule has 1 aliphatic rings. The molecule has 0 aliphatic carbocycles. The predicted octanol–water partition coefficient (Wildman–Crippen LogP) is 2.57. The van der Waals surface area contributed by atoms with E-state index in [0.717, 1.165) is 63.6 Å². The van der Waals surface area contributed by atoms with Gasteiger partial charge >= 0.3 is 0 Å². The Hall–Kier alpha value is -2.14. The molecule has 3 rings (SSSR count). The molecule has 1 saturated heterocycles. The van der Waals surface area contributed by atoms with Gasteiger partial charge in [0.2, 0.25) is 5.91 Å². The number of carbonyl (C=O) groups is 1. The number of carbonyl (C=O) groups excluding carboxylic acids is 1. The summed E-state index contributed by atoms with van der Waals surface area (Å²) in [6, 6.07) is 10.7. The first-order chi connectivity index (χ1) is 15.4. The van der Waals surface area contributed by atoms with Crippen LogP contribution in [0.2, 0.25) is 0 Å². The number of piperidine rings is 1. The number of hydrogen-bond donors (Lipinski definition) is 3. The van der Waals surface area contributed by atoms with E-state index in [1.54, 1.807) is 7.05 Å². The van der Waals surface area contributed by atoms with Crippen molar-refractivity contribution in [2.75, 3.05) is 26.7 Å². The van der Waals surface area contributed by atoms with Crippen LogP contribution in [0.15, 0.2) is 35.3 Å². The van der Waals surface area contributed by atoms with Gasteiger partial charge in [-0.2, -0.15) is 5.10 Å². The zero-order chi connectivity index (χ0) is 22.9. The first-order valence-corrected chi connectivity index (χ1v) is 11.5. The highest BCUT2D eigenvalue weighted by Crippen LogP contribution is 2.18. The maximum Gasteiger partial charge on any atom is 0.221 e. The van der Waals surface area contributed by atoms with Crippen molar-refractivity contribution in [3.63, 3.8) is 0 Å². The van der Waals surface area contributed by atoms with E-state index in [1.165, 1.54) is 16.8 Å². The van der Waals surface area contributed by atoms with E-state index in [-0.39, 0.29) is 35.8 Å². The third-order valence-electron chi connectivity index (χ3n) is 5.93. The average molecular weight is 568 g/mol. The SMILES string of the molecule is CN=C(NCCCn1nc(C)cc1C)NCc1cccc(CN2CCCC(C(N)=O)C2)c1.I. The summed E-state index contributed by atoms with van der Waals surface area (Å²) in [4.78, 5) is 18.2. The van der Waals surface area contributed by atoms with Gasteiger partial charge in [-0.3, -0.25) is 19.4 Å². The van der Waals surface area contributed by atoms with Gasteiger partial charge in [0.1, 0.15) is 0 Å². The smallest absolute Gasteiger partial charge is 0.221 e. The van der Waals surface area contributed by atoms with Gasteiger partial charge in [0.15, 0.2) is 5.96 Å². The number of nitrogens with two attached hydrogens (primary N) is 1. The Bertz CT molecular complexity index is 927. The number of nitrogens with one attached hydrogen (secondary N) is 2. The molecule has 1 unspecified atom stereocenters. The Morgan fingerprint density at radius 2 is 2.03 bits per heavy atom. The molecular weight excluding hydrogens is 529 g/mol. The van der Waals surface area contributed by atoms with Gasteiger partial charge in [-0.25, -0.2) is 0 Å². The molecule has 4 N–H and O–H groups in total. The van der Waals surface area contributed by atoms with Gasteiger partial charge in [-0.15, -0.1) is 24.0 Å². The van der Waals surface area contributed by atoms with Crippen LogP contribution in [-0.4, -0.2) is 53.2 Å². The first kappa shape index (κ1) is 27.1. The van der Waals surface area contributed by atoms with Crippen LogP contribution < -0.4 is 16.4 Å². The molecule has 0 radical (unpaired) electrons. The fourth-order valence-electron chi connectivity index (χ4n) is 4.27. The van der Waals surface area contributed by atoms with Crippen LogP contribution in [0.1, 0.15) is 41.8 Å². The summed E-state index contributed by atoms with van der Waals surface area (Å²) in [5, 5.41) is 11.3. The zero-order valence-corrected chi connectivity index (χ0v) is 22.3. The normalized spacial score (nSPS) is 16.8. The van der Waals surface area contributed by atoms with Crippen LogP contribution in [0.4, 0.5) is 0 Å². The summed E-state index contributed by atoms with van der Waals surface area (Å²) in [5.41, 5.74) is 10.2. The number of nitrogens with zero attached hydrogens (tertiary/aromatic N) is 4. The van der Waals surface area contributed by atoms with Crippen molar-refractivity contribution in [3.05, 3.63) is 52.8 Å². The molecule has 2 heterocycles.